The fourth-order valence-corrected chi connectivity index (χ4v) is 3.19. The molecule has 3 rings (SSSR count). The van der Waals surface area contributed by atoms with Gasteiger partial charge in [0.2, 0.25) is 0 Å². The molecule has 0 saturated heterocycles. The van der Waals surface area contributed by atoms with E-state index in [0.29, 0.717) is 26.2 Å². The number of hydrogen-bond acceptors (Lipinski definition) is 6. The second-order valence-corrected chi connectivity index (χ2v) is 6.79. The van der Waals surface area contributed by atoms with E-state index < -0.39 is 4.92 Å². The van der Waals surface area contributed by atoms with E-state index in [4.69, 9.17) is 10.5 Å². The quantitative estimate of drug-likeness (QED) is 0.441. The molecule has 2 aromatic carbocycles. The highest BCUT2D eigenvalue weighted by atomic mass is 16.6. The maximum absolute atomic E-state index is 11.4. The van der Waals surface area contributed by atoms with Crippen LogP contribution in [0.2, 0.25) is 0 Å². The molecule has 1 aromatic heterocycles. The summed E-state index contributed by atoms with van der Waals surface area (Å²) in [6.07, 6.45) is 3.58. The van der Waals surface area contributed by atoms with Crippen LogP contribution >= 0.6 is 0 Å². The molecule has 0 aliphatic rings. The summed E-state index contributed by atoms with van der Waals surface area (Å²) >= 11 is 0. The first-order valence-corrected chi connectivity index (χ1v) is 9.29. The number of nitro groups is 1. The van der Waals surface area contributed by atoms with E-state index in [-0.39, 0.29) is 11.4 Å². The number of pyridine rings is 1. The SMILES string of the molecule is COc1ccc(CN(Cc2ccc(CN)cc2)Cc2cccnc2)cc1[N+](=O)[O-]. The van der Waals surface area contributed by atoms with Crippen molar-refractivity contribution in [2.75, 3.05) is 7.11 Å². The summed E-state index contributed by atoms with van der Waals surface area (Å²) in [5, 5.41) is 11.4. The molecule has 0 atom stereocenters. The van der Waals surface area contributed by atoms with Gasteiger partial charge < -0.3 is 10.5 Å². The van der Waals surface area contributed by atoms with Crippen LogP contribution in [0.25, 0.3) is 0 Å². The van der Waals surface area contributed by atoms with E-state index in [1.807, 2.05) is 36.5 Å². The minimum atomic E-state index is -0.417. The van der Waals surface area contributed by atoms with Crippen molar-refractivity contribution in [1.29, 1.82) is 0 Å². The summed E-state index contributed by atoms with van der Waals surface area (Å²) in [5.74, 6) is 0.259. The summed E-state index contributed by atoms with van der Waals surface area (Å²) < 4.78 is 5.11. The van der Waals surface area contributed by atoms with E-state index in [1.165, 1.54) is 7.11 Å². The van der Waals surface area contributed by atoms with Crippen LogP contribution in [0.5, 0.6) is 5.75 Å². The van der Waals surface area contributed by atoms with Crippen LogP contribution in [0.3, 0.4) is 0 Å². The van der Waals surface area contributed by atoms with Gasteiger partial charge in [-0.2, -0.15) is 0 Å². The smallest absolute Gasteiger partial charge is 0.311 e. The molecule has 0 aliphatic heterocycles. The molecule has 0 saturated carbocycles. The molecule has 29 heavy (non-hydrogen) atoms. The lowest BCUT2D eigenvalue weighted by molar-refractivity contribution is -0.385. The van der Waals surface area contributed by atoms with Crippen LogP contribution in [-0.2, 0) is 26.2 Å². The molecule has 1 heterocycles. The van der Waals surface area contributed by atoms with Crippen molar-refractivity contribution in [3.05, 3.63) is 99.4 Å². The lowest BCUT2D eigenvalue weighted by Gasteiger charge is -2.23. The van der Waals surface area contributed by atoms with E-state index in [0.717, 1.165) is 22.3 Å². The van der Waals surface area contributed by atoms with E-state index >= 15 is 0 Å². The molecular weight excluding hydrogens is 368 g/mol. The first-order valence-electron chi connectivity index (χ1n) is 9.29. The molecular formula is C22H24N4O3. The Hall–Kier alpha value is -3.29. The average Bonchev–Trinajstić information content (AvgIpc) is 2.75. The van der Waals surface area contributed by atoms with E-state index in [1.54, 1.807) is 18.3 Å². The van der Waals surface area contributed by atoms with Gasteiger partial charge in [-0.05, 0) is 34.4 Å². The molecule has 150 valence electrons. The summed E-state index contributed by atoms with van der Waals surface area (Å²) in [5.41, 5.74) is 9.81. The third kappa shape index (κ3) is 5.60. The zero-order valence-corrected chi connectivity index (χ0v) is 16.3. The number of benzene rings is 2. The molecule has 2 N–H and O–H groups in total. The highest BCUT2D eigenvalue weighted by Crippen LogP contribution is 2.28. The highest BCUT2D eigenvalue weighted by molar-refractivity contribution is 5.48. The highest BCUT2D eigenvalue weighted by Gasteiger charge is 2.17. The van der Waals surface area contributed by atoms with Crippen molar-refractivity contribution in [3.8, 4) is 5.75 Å². The molecule has 0 fully saturated rings. The normalized spacial score (nSPS) is 10.9. The fraction of sp³-hybridized carbons (Fsp3) is 0.227. The fourth-order valence-electron chi connectivity index (χ4n) is 3.19. The molecule has 0 bridgehead atoms. The van der Waals surface area contributed by atoms with Gasteiger partial charge in [0.05, 0.1) is 12.0 Å². The van der Waals surface area contributed by atoms with E-state index in [2.05, 4.69) is 22.0 Å². The van der Waals surface area contributed by atoms with Gasteiger partial charge in [-0.1, -0.05) is 36.4 Å². The number of nitro benzene ring substituents is 1. The summed E-state index contributed by atoms with van der Waals surface area (Å²) in [4.78, 5) is 17.3. The predicted molar refractivity (Wildman–Crippen MR) is 111 cm³/mol. The standard InChI is InChI=1S/C22H24N4O3/c1-29-22-9-8-19(11-21(22)26(27)28)15-25(16-20-3-2-10-24-13-20)14-18-6-4-17(12-23)5-7-18/h2-11,13H,12,14-16,23H2,1H3. The molecule has 0 radical (unpaired) electrons. The van der Waals surface area contributed by atoms with Gasteiger partial charge >= 0.3 is 5.69 Å². The molecule has 3 aromatic rings. The summed E-state index contributed by atoms with van der Waals surface area (Å²) in [6.45, 7) is 2.43. The van der Waals surface area contributed by atoms with Gasteiger partial charge in [-0.25, -0.2) is 0 Å². The third-order valence-corrected chi connectivity index (χ3v) is 4.64. The van der Waals surface area contributed by atoms with E-state index in [9.17, 15) is 10.1 Å². The van der Waals surface area contributed by atoms with Crippen LogP contribution in [0.15, 0.2) is 67.0 Å². The van der Waals surface area contributed by atoms with Gasteiger partial charge in [0.1, 0.15) is 0 Å². The maximum atomic E-state index is 11.4. The average molecular weight is 392 g/mol. The van der Waals surface area contributed by atoms with Crippen LogP contribution < -0.4 is 10.5 Å². The number of methoxy groups -OCH3 is 1. The molecule has 0 spiro atoms. The van der Waals surface area contributed by atoms with Crippen molar-refractivity contribution >= 4 is 5.69 Å². The zero-order valence-electron chi connectivity index (χ0n) is 16.3. The second kappa shape index (κ2) is 9.77. The number of rotatable bonds is 9. The lowest BCUT2D eigenvalue weighted by atomic mass is 10.1. The van der Waals surface area contributed by atoms with Crippen molar-refractivity contribution in [1.82, 2.24) is 9.88 Å². The Morgan fingerprint density at radius 2 is 1.66 bits per heavy atom. The molecule has 0 amide bonds. The number of nitrogens with zero attached hydrogens (tertiary/aromatic N) is 3. The summed E-state index contributed by atoms with van der Waals surface area (Å²) in [6, 6.07) is 17.2. The van der Waals surface area contributed by atoms with Crippen molar-refractivity contribution < 1.29 is 9.66 Å². The Kier molecular flexibility index (Phi) is 6.89. The number of ether oxygens (including phenoxy) is 1. The van der Waals surface area contributed by atoms with Gasteiger partial charge in [-0.15, -0.1) is 0 Å². The minimum absolute atomic E-state index is 0.0290. The number of hydrogen-bond donors (Lipinski definition) is 1. The number of aromatic nitrogens is 1. The Morgan fingerprint density at radius 1 is 1.00 bits per heavy atom. The Balaban J connectivity index is 1.84. The zero-order chi connectivity index (χ0) is 20.6. The predicted octanol–water partition coefficient (Wildman–Crippen LogP) is 3.66. The van der Waals surface area contributed by atoms with Crippen LogP contribution in [0.1, 0.15) is 22.3 Å². The summed E-state index contributed by atoms with van der Waals surface area (Å²) in [7, 11) is 1.43. The monoisotopic (exact) mass is 392 g/mol. The topological polar surface area (TPSA) is 94.5 Å². The molecule has 7 heteroatoms. The van der Waals surface area contributed by atoms with Gasteiger partial charge in [0, 0.05) is 44.6 Å². The minimum Gasteiger partial charge on any atom is -0.490 e. The largest absolute Gasteiger partial charge is 0.490 e. The van der Waals surface area contributed by atoms with Gasteiger partial charge in [-0.3, -0.25) is 20.0 Å². The maximum Gasteiger partial charge on any atom is 0.311 e. The van der Waals surface area contributed by atoms with Gasteiger partial charge in [0.15, 0.2) is 5.75 Å². The third-order valence-electron chi connectivity index (χ3n) is 4.64. The van der Waals surface area contributed by atoms with Crippen molar-refractivity contribution in [2.24, 2.45) is 5.73 Å². The lowest BCUT2D eigenvalue weighted by Crippen LogP contribution is -2.22. The Labute approximate surface area is 169 Å². The van der Waals surface area contributed by atoms with Crippen molar-refractivity contribution in [2.45, 2.75) is 26.2 Å². The molecule has 7 nitrogen and oxygen atoms in total. The van der Waals surface area contributed by atoms with Gasteiger partial charge in [0.25, 0.3) is 0 Å². The Morgan fingerprint density at radius 3 is 2.28 bits per heavy atom. The number of nitrogens with two attached hydrogens (primary N) is 1. The van der Waals surface area contributed by atoms with Crippen molar-refractivity contribution in [3.63, 3.8) is 0 Å². The first-order chi connectivity index (χ1) is 14.1. The van der Waals surface area contributed by atoms with Crippen LogP contribution in [-0.4, -0.2) is 21.9 Å². The van der Waals surface area contributed by atoms with Crippen LogP contribution in [0, 0.1) is 10.1 Å². The second-order valence-electron chi connectivity index (χ2n) is 6.79. The Bertz CT molecular complexity index is 946. The van der Waals surface area contributed by atoms with Crippen LogP contribution in [0.4, 0.5) is 5.69 Å². The first kappa shape index (κ1) is 20.4. The molecule has 0 unspecified atom stereocenters. The molecule has 0 aliphatic carbocycles.